The van der Waals surface area contributed by atoms with E-state index in [1.165, 1.54) is 72.6 Å². The van der Waals surface area contributed by atoms with E-state index in [1.54, 1.807) is 0 Å². The highest BCUT2D eigenvalue weighted by molar-refractivity contribution is 5.88. The van der Waals surface area contributed by atoms with Crippen LogP contribution in [-0.4, -0.2) is 0 Å². The van der Waals surface area contributed by atoms with Crippen LogP contribution in [0.3, 0.4) is 0 Å². The molecule has 0 bridgehead atoms. The topological polar surface area (TPSA) is 12.5 Å². The van der Waals surface area contributed by atoms with Crippen molar-refractivity contribution in [3.8, 4) is 22.3 Å². The molecule has 5 aromatic carbocycles. The van der Waals surface area contributed by atoms with Crippen LogP contribution in [0.25, 0.3) is 22.3 Å². The van der Waals surface area contributed by atoms with Crippen LogP contribution in [0.2, 0.25) is 0 Å². The molecule has 0 saturated heterocycles. The van der Waals surface area contributed by atoms with Crippen LogP contribution in [-0.2, 0) is 26.8 Å². The predicted octanol–water partition coefficient (Wildman–Crippen LogP) is 11.6. The lowest BCUT2D eigenvalue weighted by atomic mass is 9.81. The Hall–Kier alpha value is -4.14. The van der Waals surface area contributed by atoms with Crippen molar-refractivity contribution < 1.29 is 4.74 Å². The first-order valence-electron chi connectivity index (χ1n) is 16.4. The zero-order valence-corrected chi connectivity index (χ0v) is 28.1. The molecule has 0 atom stereocenters. The van der Waals surface area contributed by atoms with E-state index in [2.05, 4.69) is 164 Å². The number of ether oxygens (including phenoxy) is 1. The Morgan fingerprint density at radius 2 is 0.867 bits per heavy atom. The Balaban J connectivity index is 1.34. The number of fused-ring (bicyclic) bond motifs is 7. The molecule has 0 amide bonds. The Labute approximate surface area is 268 Å². The third-order valence-corrected chi connectivity index (χ3v) is 11.0. The third kappa shape index (κ3) is 3.91. The molecule has 1 heterocycles. The van der Waals surface area contributed by atoms with Crippen LogP contribution in [0.4, 0.5) is 17.1 Å². The monoisotopic (exact) mass is 589 g/mol. The molecular weight excluding hydrogens is 546 g/mol. The summed E-state index contributed by atoms with van der Waals surface area (Å²) < 4.78 is 6.59. The Morgan fingerprint density at radius 3 is 1.49 bits per heavy atom. The first-order valence-corrected chi connectivity index (χ1v) is 16.4. The van der Waals surface area contributed by atoms with Crippen molar-refractivity contribution in [1.82, 2.24) is 0 Å². The second-order valence-corrected chi connectivity index (χ2v) is 15.5. The van der Waals surface area contributed by atoms with Gasteiger partial charge in [-0.05, 0) is 127 Å². The van der Waals surface area contributed by atoms with E-state index in [1.807, 2.05) is 0 Å². The SMILES string of the molecule is Cc1ccc2c(c1)C(C)(C)c1cc(N(c3ccc4c(c3)C(C)(C)OC4(C)C)c3ccc4c(c3)C(C)(C)c3ccccc3-4)ccc1-2. The number of benzene rings is 5. The summed E-state index contributed by atoms with van der Waals surface area (Å²) >= 11 is 0. The van der Waals surface area contributed by atoms with Gasteiger partial charge in [0.2, 0.25) is 0 Å². The van der Waals surface area contributed by atoms with Crippen molar-refractivity contribution in [3.63, 3.8) is 0 Å². The molecule has 0 fully saturated rings. The summed E-state index contributed by atoms with van der Waals surface area (Å²) in [5.74, 6) is 0. The fourth-order valence-corrected chi connectivity index (χ4v) is 8.70. The van der Waals surface area contributed by atoms with E-state index < -0.39 is 0 Å². The fourth-order valence-electron chi connectivity index (χ4n) is 8.70. The van der Waals surface area contributed by atoms with Gasteiger partial charge in [0.25, 0.3) is 0 Å². The highest BCUT2D eigenvalue weighted by atomic mass is 16.5. The second kappa shape index (κ2) is 8.98. The van der Waals surface area contributed by atoms with Gasteiger partial charge in [-0.3, -0.25) is 0 Å². The third-order valence-electron chi connectivity index (χ3n) is 11.0. The highest BCUT2D eigenvalue weighted by Gasteiger charge is 2.44. The lowest BCUT2D eigenvalue weighted by Crippen LogP contribution is -2.22. The number of anilines is 3. The molecule has 226 valence electrons. The molecule has 0 aromatic heterocycles. The zero-order chi connectivity index (χ0) is 31.7. The summed E-state index contributed by atoms with van der Waals surface area (Å²) in [6.45, 7) is 20.4. The van der Waals surface area contributed by atoms with Gasteiger partial charge in [-0.25, -0.2) is 0 Å². The van der Waals surface area contributed by atoms with Crippen LogP contribution >= 0.6 is 0 Å². The summed E-state index contributed by atoms with van der Waals surface area (Å²) in [5.41, 5.74) is 17.4. The Morgan fingerprint density at radius 1 is 0.422 bits per heavy atom. The first-order chi connectivity index (χ1) is 21.2. The van der Waals surface area contributed by atoms with Gasteiger partial charge in [0.1, 0.15) is 0 Å². The van der Waals surface area contributed by atoms with E-state index in [9.17, 15) is 0 Å². The van der Waals surface area contributed by atoms with Gasteiger partial charge in [0.05, 0.1) is 11.2 Å². The summed E-state index contributed by atoms with van der Waals surface area (Å²) in [4.78, 5) is 2.46. The number of nitrogens with zero attached hydrogens (tertiary/aromatic N) is 1. The average Bonchev–Trinajstić information content (AvgIpc) is 3.44. The van der Waals surface area contributed by atoms with Gasteiger partial charge in [-0.1, -0.05) is 93.9 Å². The van der Waals surface area contributed by atoms with Gasteiger partial charge in [0.15, 0.2) is 0 Å². The molecule has 8 rings (SSSR count). The van der Waals surface area contributed by atoms with Gasteiger partial charge < -0.3 is 9.64 Å². The van der Waals surface area contributed by atoms with Crippen LogP contribution in [0.5, 0.6) is 0 Å². The maximum Gasteiger partial charge on any atom is 0.0891 e. The van der Waals surface area contributed by atoms with E-state index in [4.69, 9.17) is 4.74 Å². The molecule has 3 aliphatic rings. The Kier molecular flexibility index (Phi) is 5.66. The molecule has 5 aromatic rings. The van der Waals surface area contributed by atoms with Gasteiger partial charge in [0, 0.05) is 27.9 Å². The molecule has 2 nitrogen and oxygen atoms in total. The largest absolute Gasteiger partial charge is 0.360 e. The highest BCUT2D eigenvalue weighted by Crippen LogP contribution is 2.54. The normalized spacial score (nSPS) is 18.5. The molecule has 0 N–H and O–H groups in total. The summed E-state index contributed by atoms with van der Waals surface area (Å²) in [5, 5.41) is 0. The van der Waals surface area contributed by atoms with Crippen molar-refractivity contribution >= 4 is 17.1 Å². The molecule has 0 spiro atoms. The maximum absolute atomic E-state index is 6.59. The number of rotatable bonds is 3. The summed E-state index contributed by atoms with van der Waals surface area (Å²) in [7, 11) is 0. The molecule has 0 radical (unpaired) electrons. The van der Waals surface area contributed by atoms with Crippen molar-refractivity contribution in [2.45, 2.75) is 84.3 Å². The van der Waals surface area contributed by atoms with Gasteiger partial charge in [-0.2, -0.15) is 0 Å². The Bertz CT molecular complexity index is 2060. The minimum atomic E-state index is -0.373. The summed E-state index contributed by atoms with van der Waals surface area (Å²) in [6.07, 6.45) is 0. The number of hydrogen-bond donors (Lipinski definition) is 0. The van der Waals surface area contributed by atoms with Crippen LogP contribution in [0.15, 0.2) is 97.1 Å². The molecular formula is C43H43NO. The summed E-state index contributed by atoms with van der Waals surface area (Å²) in [6, 6.07) is 36.9. The molecule has 2 heteroatoms. The number of hydrogen-bond acceptors (Lipinski definition) is 2. The quantitative estimate of drug-likeness (QED) is 0.208. The average molecular weight is 590 g/mol. The lowest BCUT2D eigenvalue weighted by molar-refractivity contribution is -0.105. The molecule has 1 aliphatic heterocycles. The zero-order valence-electron chi connectivity index (χ0n) is 28.1. The minimum Gasteiger partial charge on any atom is -0.360 e. The van der Waals surface area contributed by atoms with Crippen molar-refractivity contribution in [3.05, 3.63) is 136 Å². The molecule has 0 unspecified atom stereocenters. The predicted molar refractivity (Wildman–Crippen MR) is 188 cm³/mol. The fraction of sp³-hybridized carbons (Fsp3) is 0.302. The maximum atomic E-state index is 6.59. The van der Waals surface area contributed by atoms with Crippen LogP contribution in [0.1, 0.15) is 94.3 Å². The van der Waals surface area contributed by atoms with Crippen LogP contribution in [0, 0.1) is 6.92 Å². The lowest BCUT2D eigenvalue weighted by Gasteiger charge is -2.30. The van der Waals surface area contributed by atoms with E-state index in [0.717, 1.165) is 5.69 Å². The van der Waals surface area contributed by atoms with Crippen LogP contribution < -0.4 is 4.90 Å². The van der Waals surface area contributed by atoms with E-state index in [0.29, 0.717) is 0 Å². The van der Waals surface area contributed by atoms with Crippen molar-refractivity contribution in [1.29, 1.82) is 0 Å². The smallest absolute Gasteiger partial charge is 0.0891 e. The number of aryl methyl sites for hydroxylation is 1. The standard InChI is InChI=1S/C43H43NO/c1-26-14-18-31-33-20-16-28(24-38(33)41(4,5)36(31)22-26)44(29-17-21-35-39(25-29)43(8,9)45-42(35,6)7)27-15-19-32-30-12-10-11-13-34(30)40(2,3)37(32)23-27/h10-25H,1-9H3. The minimum absolute atomic E-state index is 0.0785. The van der Waals surface area contributed by atoms with E-state index >= 15 is 0 Å². The van der Waals surface area contributed by atoms with Crippen molar-refractivity contribution in [2.75, 3.05) is 4.90 Å². The second-order valence-electron chi connectivity index (χ2n) is 15.5. The van der Waals surface area contributed by atoms with Gasteiger partial charge in [-0.15, -0.1) is 0 Å². The molecule has 45 heavy (non-hydrogen) atoms. The van der Waals surface area contributed by atoms with Gasteiger partial charge >= 0.3 is 0 Å². The van der Waals surface area contributed by atoms with Crippen molar-refractivity contribution in [2.24, 2.45) is 0 Å². The van der Waals surface area contributed by atoms with E-state index in [-0.39, 0.29) is 22.0 Å². The molecule has 0 saturated carbocycles. The molecule has 2 aliphatic carbocycles. The first kappa shape index (κ1) is 28.3.